The number of morpholine rings is 1. The van der Waals surface area contributed by atoms with Crippen molar-refractivity contribution >= 4 is 16.9 Å². The number of hydrogen-bond donors (Lipinski definition) is 3. The Hall–Kier alpha value is -3.20. The van der Waals surface area contributed by atoms with Crippen LogP contribution in [0.1, 0.15) is 12.6 Å². The van der Waals surface area contributed by atoms with Gasteiger partial charge in [-0.1, -0.05) is 0 Å². The minimum Gasteiger partial charge on any atom is -0.377 e. The summed E-state index contributed by atoms with van der Waals surface area (Å²) in [5.74, 6) is 0.913. The molecule has 1 aliphatic heterocycles. The molecule has 9 nitrogen and oxygen atoms in total. The first-order valence-corrected chi connectivity index (χ1v) is 8.96. The molecular formula is C18H20N8O. The molecule has 5 heterocycles. The molecule has 0 spiro atoms. The fourth-order valence-corrected chi connectivity index (χ4v) is 3.60. The number of nitrogens with zero attached hydrogens (tertiary/aromatic N) is 5. The van der Waals surface area contributed by atoms with Crippen molar-refractivity contribution in [1.82, 2.24) is 35.6 Å². The van der Waals surface area contributed by atoms with Gasteiger partial charge in [0.15, 0.2) is 0 Å². The Morgan fingerprint density at radius 2 is 2.07 bits per heavy atom. The molecule has 9 heteroatoms. The van der Waals surface area contributed by atoms with E-state index in [-0.39, 0.29) is 6.04 Å². The van der Waals surface area contributed by atoms with Crippen molar-refractivity contribution in [1.29, 1.82) is 0 Å². The van der Waals surface area contributed by atoms with Gasteiger partial charge in [0.1, 0.15) is 22.5 Å². The van der Waals surface area contributed by atoms with Gasteiger partial charge in [-0.2, -0.15) is 15.3 Å². The van der Waals surface area contributed by atoms with Crippen molar-refractivity contribution in [2.24, 2.45) is 0 Å². The number of hydrogen-bond acceptors (Lipinski definition) is 6. The van der Waals surface area contributed by atoms with Crippen LogP contribution in [-0.4, -0.2) is 61.4 Å². The third-order valence-electron chi connectivity index (χ3n) is 5.05. The highest BCUT2D eigenvalue weighted by Gasteiger charge is 2.24. The summed E-state index contributed by atoms with van der Waals surface area (Å²) in [7, 11) is 0. The Labute approximate surface area is 155 Å². The molecule has 5 rings (SSSR count). The zero-order chi connectivity index (χ0) is 18.4. The van der Waals surface area contributed by atoms with Crippen LogP contribution in [0.25, 0.3) is 33.5 Å². The molecule has 138 valence electrons. The lowest BCUT2D eigenvalue weighted by Gasteiger charge is -2.34. The number of ether oxygens (including phenoxy) is 1. The SMILES string of the molecule is Cc1[nH]ncc1-c1cc(N2CCOCC2C)nc2c(-c3ccn[nH]3)[nH]nc12. The second-order valence-electron chi connectivity index (χ2n) is 6.82. The van der Waals surface area contributed by atoms with Gasteiger partial charge in [0.2, 0.25) is 0 Å². The van der Waals surface area contributed by atoms with E-state index in [0.29, 0.717) is 13.2 Å². The first kappa shape index (κ1) is 16.0. The van der Waals surface area contributed by atoms with E-state index in [2.05, 4.69) is 48.5 Å². The number of nitrogens with one attached hydrogen (secondary N) is 3. The highest BCUT2D eigenvalue weighted by Crippen LogP contribution is 2.35. The van der Waals surface area contributed by atoms with Crippen molar-refractivity contribution in [3.05, 3.63) is 30.2 Å². The van der Waals surface area contributed by atoms with Crippen LogP contribution in [-0.2, 0) is 4.74 Å². The summed E-state index contributed by atoms with van der Waals surface area (Å²) in [5.41, 5.74) is 6.32. The maximum absolute atomic E-state index is 5.59. The van der Waals surface area contributed by atoms with Gasteiger partial charge >= 0.3 is 0 Å². The maximum atomic E-state index is 5.59. The summed E-state index contributed by atoms with van der Waals surface area (Å²) in [6, 6.07) is 4.26. The quantitative estimate of drug-likeness (QED) is 0.514. The average Bonchev–Trinajstić information content (AvgIpc) is 3.41. The van der Waals surface area contributed by atoms with Crippen LogP contribution in [0.5, 0.6) is 0 Å². The molecule has 4 aromatic heterocycles. The molecule has 1 saturated heterocycles. The van der Waals surface area contributed by atoms with E-state index in [0.717, 1.165) is 51.6 Å². The summed E-state index contributed by atoms with van der Waals surface area (Å²) < 4.78 is 5.59. The van der Waals surface area contributed by atoms with E-state index < -0.39 is 0 Å². The topological polar surface area (TPSA) is 111 Å². The molecule has 0 aliphatic carbocycles. The molecule has 1 atom stereocenters. The van der Waals surface area contributed by atoms with E-state index in [1.807, 2.05) is 19.2 Å². The molecular weight excluding hydrogens is 344 g/mol. The van der Waals surface area contributed by atoms with Crippen molar-refractivity contribution in [3.8, 4) is 22.5 Å². The summed E-state index contributed by atoms with van der Waals surface area (Å²) in [6.07, 6.45) is 3.55. The highest BCUT2D eigenvalue weighted by molar-refractivity contribution is 5.99. The molecule has 0 radical (unpaired) electrons. The third-order valence-corrected chi connectivity index (χ3v) is 5.05. The van der Waals surface area contributed by atoms with Gasteiger partial charge in [0, 0.05) is 29.6 Å². The Morgan fingerprint density at radius 1 is 1.15 bits per heavy atom. The first-order chi connectivity index (χ1) is 13.2. The fourth-order valence-electron chi connectivity index (χ4n) is 3.60. The minimum absolute atomic E-state index is 0.254. The van der Waals surface area contributed by atoms with Crippen molar-refractivity contribution in [2.45, 2.75) is 19.9 Å². The molecule has 0 bridgehead atoms. The molecule has 3 N–H and O–H groups in total. The van der Waals surface area contributed by atoms with Gasteiger partial charge in [0.05, 0.1) is 31.1 Å². The molecule has 1 aliphatic rings. The van der Waals surface area contributed by atoms with Crippen LogP contribution < -0.4 is 4.90 Å². The fraction of sp³-hybridized carbons (Fsp3) is 0.333. The molecule has 27 heavy (non-hydrogen) atoms. The van der Waals surface area contributed by atoms with E-state index in [1.165, 1.54) is 0 Å². The largest absolute Gasteiger partial charge is 0.377 e. The van der Waals surface area contributed by atoms with Gasteiger partial charge in [-0.05, 0) is 26.0 Å². The van der Waals surface area contributed by atoms with Crippen LogP contribution in [0.2, 0.25) is 0 Å². The zero-order valence-corrected chi connectivity index (χ0v) is 15.2. The number of aromatic nitrogens is 7. The third kappa shape index (κ3) is 2.58. The number of aromatic amines is 3. The van der Waals surface area contributed by atoms with Crippen LogP contribution in [0, 0.1) is 6.92 Å². The van der Waals surface area contributed by atoms with Gasteiger partial charge in [-0.15, -0.1) is 0 Å². The molecule has 0 aromatic carbocycles. The Bertz CT molecular complexity index is 1080. The van der Waals surface area contributed by atoms with E-state index in [9.17, 15) is 0 Å². The van der Waals surface area contributed by atoms with E-state index >= 15 is 0 Å². The Morgan fingerprint density at radius 3 is 2.81 bits per heavy atom. The lowest BCUT2D eigenvalue weighted by atomic mass is 10.0. The predicted octanol–water partition coefficient (Wildman–Crippen LogP) is 2.27. The Kier molecular flexibility index (Phi) is 3.68. The van der Waals surface area contributed by atoms with Gasteiger partial charge in [-0.25, -0.2) is 4.98 Å². The molecule has 1 fully saturated rings. The summed E-state index contributed by atoms with van der Waals surface area (Å²) in [6.45, 7) is 6.36. The van der Waals surface area contributed by atoms with Gasteiger partial charge < -0.3 is 9.64 Å². The standard InChI is InChI=1S/C18H20N8O/c1-10-9-27-6-5-26(10)15-7-12(13-8-20-22-11(13)2)16-18(21-15)17(25-24-16)14-3-4-19-23-14/h3-4,7-8,10H,5-6,9H2,1-2H3,(H,19,23)(H,20,22)(H,24,25). The van der Waals surface area contributed by atoms with Crippen LogP contribution in [0.4, 0.5) is 5.82 Å². The summed E-state index contributed by atoms with van der Waals surface area (Å²) in [5, 5.41) is 21.9. The van der Waals surface area contributed by atoms with Crippen LogP contribution in [0.3, 0.4) is 0 Å². The lowest BCUT2D eigenvalue weighted by molar-refractivity contribution is 0.0986. The molecule has 0 saturated carbocycles. The van der Waals surface area contributed by atoms with E-state index in [4.69, 9.17) is 9.72 Å². The predicted molar refractivity (Wildman–Crippen MR) is 101 cm³/mol. The summed E-state index contributed by atoms with van der Waals surface area (Å²) in [4.78, 5) is 7.25. The van der Waals surface area contributed by atoms with Crippen LogP contribution >= 0.6 is 0 Å². The number of rotatable bonds is 3. The normalized spacial score (nSPS) is 17.7. The van der Waals surface area contributed by atoms with Crippen molar-refractivity contribution in [2.75, 3.05) is 24.7 Å². The highest BCUT2D eigenvalue weighted by atomic mass is 16.5. The molecule has 1 unspecified atom stereocenters. The average molecular weight is 364 g/mol. The second-order valence-corrected chi connectivity index (χ2v) is 6.82. The van der Waals surface area contributed by atoms with E-state index in [1.54, 1.807) is 6.20 Å². The summed E-state index contributed by atoms with van der Waals surface area (Å²) >= 11 is 0. The van der Waals surface area contributed by atoms with Crippen LogP contribution in [0.15, 0.2) is 24.5 Å². The number of H-pyrrole nitrogens is 3. The number of anilines is 1. The first-order valence-electron chi connectivity index (χ1n) is 8.96. The van der Waals surface area contributed by atoms with Crippen molar-refractivity contribution in [3.63, 3.8) is 0 Å². The lowest BCUT2D eigenvalue weighted by Crippen LogP contribution is -2.44. The minimum atomic E-state index is 0.254. The zero-order valence-electron chi connectivity index (χ0n) is 15.2. The van der Waals surface area contributed by atoms with Gasteiger partial charge in [0.25, 0.3) is 0 Å². The van der Waals surface area contributed by atoms with Gasteiger partial charge in [-0.3, -0.25) is 15.3 Å². The number of aryl methyl sites for hydroxylation is 1. The van der Waals surface area contributed by atoms with Crippen molar-refractivity contribution < 1.29 is 4.74 Å². The smallest absolute Gasteiger partial charge is 0.130 e. The second kappa shape index (κ2) is 6.20. The molecule has 0 amide bonds. The number of fused-ring (bicyclic) bond motifs is 1. The Balaban J connectivity index is 1.76. The molecule has 4 aromatic rings. The monoisotopic (exact) mass is 364 g/mol. The number of pyridine rings is 1. The maximum Gasteiger partial charge on any atom is 0.130 e.